The van der Waals surface area contributed by atoms with Crippen LogP contribution in [-0.2, 0) is 16.4 Å². The molecule has 1 aliphatic rings. The largest absolute Gasteiger partial charge is 0.314 e. The molecule has 1 fully saturated rings. The Morgan fingerprint density at radius 1 is 1.33 bits per heavy atom. The summed E-state index contributed by atoms with van der Waals surface area (Å²) in [5, 5.41) is 3.20. The number of nitrogens with zero attached hydrogens (tertiary/aromatic N) is 1. The minimum Gasteiger partial charge on any atom is -0.314 e. The second-order valence-corrected chi connectivity index (χ2v) is 6.56. The monoisotopic (exact) mass is 268 g/mol. The molecule has 0 saturated carbocycles. The topological polar surface area (TPSA) is 49.4 Å². The number of aryl methyl sites for hydroxylation is 1. The summed E-state index contributed by atoms with van der Waals surface area (Å²) in [5.41, 5.74) is 1.15. The molecule has 0 radical (unpaired) electrons. The van der Waals surface area contributed by atoms with Crippen molar-refractivity contribution in [2.45, 2.75) is 31.2 Å². The Morgan fingerprint density at radius 3 is 2.56 bits per heavy atom. The van der Waals surface area contributed by atoms with Crippen LogP contribution in [0.25, 0.3) is 0 Å². The van der Waals surface area contributed by atoms with Gasteiger partial charge in [0, 0.05) is 25.7 Å². The third kappa shape index (κ3) is 2.58. The van der Waals surface area contributed by atoms with Gasteiger partial charge in [0.2, 0.25) is 10.0 Å². The first-order valence-corrected chi connectivity index (χ1v) is 7.81. The molecular formula is C13H20N2O2S. The fourth-order valence-corrected chi connectivity index (χ4v) is 3.84. The third-order valence-corrected chi connectivity index (χ3v) is 5.41. The Hall–Kier alpha value is -0.910. The van der Waals surface area contributed by atoms with E-state index >= 15 is 0 Å². The number of rotatable bonds is 3. The fraction of sp³-hybridized carbons (Fsp3) is 0.538. The molecule has 1 atom stereocenters. The zero-order valence-electron chi connectivity index (χ0n) is 10.9. The SMILES string of the molecule is CCc1ccc(S(=O)(=O)N2CCNC[C@H]2C)cc1. The highest BCUT2D eigenvalue weighted by Gasteiger charge is 2.30. The molecule has 5 heteroatoms. The lowest BCUT2D eigenvalue weighted by molar-refractivity contribution is 0.284. The molecule has 0 aromatic heterocycles. The van der Waals surface area contributed by atoms with Crippen molar-refractivity contribution in [2.24, 2.45) is 0 Å². The number of nitrogens with one attached hydrogen (secondary N) is 1. The number of hydrogen-bond acceptors (Lipinski definition) is 3. The van der Waals surface area contributed by atoms with Crippen molar-refractivity contribution in [1.82, 2.24) is 9.62 Å². The van der Waals surface area contributed by atoms with E-state index in [1.165, 1.54) is 0 Å². The van der Waals surface area contributed by atoms with E-state index in [-0.39, 0.29) is 6.04 Å². The van der Waals surface area contributed by atoms with E-state index in [0.717, 1.165) is 18.5 Å². The van der Waals surface area contributed by atoms with Gasteiger partial charge in [-0.25, -0.2) is 8.42 Å². The minimum atomic E-state index is -3.34. The number of sulfonamides is 1. The summed E-state index contributed by atoms with van der Waals surface area (Å²) in [7, 11) is -3.34. The zero-order chi connectivity index (χ0) is 13.2. The lowest BCUT2D eigenvalue weighted by Gasteiger charge is -2.32. The van der Waals surface area contributed by atoms with Crippen molar-refractivity contribution >= 4 is 10.0 Å². The highest BCUT2D eigenvalue weighted by Crippen LogP contribution is 2.19. The van der Waals surface area contributed by atoms with Gasteiger partial charge in [0.05, 0.1) is 4.90 Å². The molecule has 100 valence electrons. The van der Waals surface area contributed by atoms with Gasteiger partial charge in [-0.05, 0) is 31.0 Å². The first kappa shape index (κ1) is 13.5. The predicted octanol–water partition coefficient (Wildman–Crippen LogP) is 1.23. The number of hydrogen-bond donors (Lipinski definition) is 1. The van der Waals surface area contributed by atoms with Crippen LogP contribution < -0.4 is 5.32 Å². The van der Waals surface area contributed by atoms with Gasteiger partial charge in [0.15, 0.2) is 0 Å². The van der Waals surface area contributed by atoms with E-state index in [1.54, 1.807) is 16.4 Å². The molecule has 1 aliphatic heterocycles. The summed E-state index contributed by atoms with van der Waals surface area (Å²) in [6.07, 6.45) is 0.921. The summed E-state index contributed by atoms with van der Waals surface area (Å²) >= 11 is 0. The first-order valence-electron chi connectivity index (χ1n) is 6.37. The maximum absolute atomic E-state index is 12.5. The Morgan fingerprint density at radius 2 is 2.00 bits per heavy atom. The second-order valence-electron chi connectivity index (χ2n) is 4.67. The smallest absolute Gasteiger partial charge is 0.243 e. The number of benzene rings is 1. The molecule has 18 heavy (non-hydrogen) atoms. The van der Waals surface area contributed by atoms with E-state index in [4.69, 9.17) is 0 Å². The van der Waals surface area contributed by atoms with Crippen LogP contribution in [0.3, 0.4) is 0 Å². The van der Waals surface area contributed by atoms with Gasteiger partial charge in [-0.15, -0.1) is 0 Å². The molecule has 1 N–H and O–H groups in total. The summed E-state index contributed by atoms with van der Waals surface area (Å²) in [6, 6.07) is 7.21. The standard InChI is InChI=1S/C13H20N2O2S/c1-3-12-4-6-13(7-5-12)18(16,17)15-9-8-14-10-11(15)2/h4-7,11,14H,3,8-10H2,1-2H3/t11-/m1/s1. The average Bonchev–Trinajstić information content (AvgIpc) is 2.39. The maximum Gasteiger partial charge on any atom is 0.243 e. The van der Waals surface area contributed by atoms with Crippen molar-refractivity contribution in [3.05, 3.63) is 29.8 Å². The van der Waals surface area contributed by atoms with Crippen LogP contribution in [0.5, 0.6) is 0 Å². The Balaban J connectivity index is 2.28. The molecule has 0 unspecified atom stereocenters. The van der Waals surface area contributed by atoms with Crippen molar-refractivity contribution in [1.29, 1.82) is 0 Å². The van der Waals surface area contributed by atoms with Crippen LogP contribution in [0, 0.1) is 0 Å². The van der Waals surface area contributed by atoms with E-state index in [1.807, 2.05) is 19.1 Å². The van der Waals surface area contributed by atoms with E-state index in [9.17, 15) is 8.42 Å². The minimum absolute atomic E-state index is 0.00889. The molecule has 4 nitrogen and oxygen atoms in total. The van der Waals surface area contributed by atoms with Gasteiger partial charge in [-0.2, -0.15) is 4.31 Å². The van der Waals surface area contributed by atoms with Crippen LogP contribution in [0.4, 0.5) is 0 Å². The van der Waals surface area contributed by atoms with Gasteiger partial charge >= 0.3 is 0 Å². The molecule has 2 rings (SSSR count). The molecule has 1 aromatic carbocycles. The summed E-state index contributed by atoms with van der Waals surface area (Å²) < 4.78 is 26.6. The van der Waals surface area contributed by atoms with Gasteiger partial charge < -0.3 is 5.32 Å². The highest BCUT2D eigenvalue weighted by molar-refractivity contribution is 7.89. The molecule has 0 spiro atoms. The van der Waals surface area contributed by atoms with E-state index < -0.39 is 10.0 Å². The third-order valence-electron chi connectivity index (χ3n) is 3.38. The van der Waals surface area contributed by atoms with E-state index in [0.29, 0.717) is 18.0 Å². The lowest BCUT2D eigenvalue weighted by atomic mass is 10.2. The summed E-state index contributed by atoms with van der Waals surface area (Å²) in [4.78, 5) is 0.397. The van der Waals surface area contributed by atoms with Crippen LogP contribution >= 0.6 is 0 Å². The zero-order valence-corrected chi connectivity index (χ0v) is 11.7. The molecular weight excluding hydrogens is 248 g/mol. The van der Waals surface area contributed by atoms with Crippen molar-refractivity contribution < 1.29 is 8.42 Å². The lowest BCUT2D eigenvalue weighted by Crippen LogP contribution is -2.52. The van der Waals surface area contributed by atoms with E-state index in [2.05, 4.69) is 12.2 Å². The summed E-state index contributed by atoms with van der Waals surface area (Å²) in [6.45, 7) is 5.97. The molecule has 0 bridgehead atoms. The Labute approximate surface area is 109 Å². The van der Waals surface area contributed by atoms with Crippen LogP contribution in [-0.4, -0.2) is 38.4 Å². The van der Waals surface area contributed by atoms with Crippen LogP contribution in [0.1, 0.15) is 19.4 Å². The van der Waals surface area contributed by atoms with Gasteiger partial charge in [0.1, 0.15) is 0 Å². The van der Waals surface area contributed by atoms with Gasteiger partial charge in [-0.1, -0.05) is 19.1 Å². The fourth-order valence-electron chi connectivity index (χ4n) is 2.21. The normalized spacial score (nSPS) is 22.0. The highest BCUT2D eigenvalue weighted by atomic mass is 32.2. The number of piperazine rings is 1. The quantitative estimate of drug-likeness (QED) is 0.897. The van der Waals surface area contributed by atoms with Crippen molar-refractivity contribution in [2.75, 3.05) is 19.6 Å². The van der Waals surface area contributed by atoms with Crippen LogP contribution in [0.2, 0.25) is 0 Å². The maximum atomic E-state index is 12.5. The summed E-state index contributed by atoms with van der Waals surface area (Å²) in [5.74, 6) is 0. The molecule has 1 aromatic rings. The predicted molar refractivity (Wildman–Crippen MR) is 72.0 cm³/mol. The molecule has 1 saturated heterocycles. The van der Waals surface area contributed by atoms with Crippen LogP contribution in [0.15, 0.2) is 29.2 Å². The van der Waals surface area contributed by atoms with Crippen molar-refractivity contribution in [3.63, 3.8) is 0 Å². The first-order chi connectivity index (χ1) is 8.55. The Bertz CT molecular complexity index is 496. The second kappa shape index (κ2) is 5.38. The molecule has 1 heterocycles. The Kier molecular flexibility index (Phi) is 4.04. The average molecular weight is 268 g/mol. The van der Waals surface area contributed by atoms with Gasteiger partial charge in [0.25, 0.3) is 0 Å². The molecule has 0 aliphatic carbocycles. The van der Waals surface area contributed by atoms with Gasteiger partial charge in [-0.3, -0.25) is 0 Å². The molecule has 0 amide bonds. The van der Waals surface area contributed by atoms with Crippen molar-refractivity contribution in [3.8, 4) is 0 Å².